The number of Topliss-reactive ketones (excluding diaryl/α,β-unsaturated/α-hetero) is 1. The molecule has 0 saturated heterocycles. The van der Waals surface area contributed by atoms with E-state index in [1.807, 2.05) is 19.1 Å². The minimum absolute atomic E-state index is 0.143. The lowest BCUT2D eigenvalue weighted by molar-refractivity contribution is -0.118. The molecule has 0 aromatic carbocycles. The molecule has 12 heavy (non-hydrogen) atoms. The molecular weight excluding hydrogens is 170 g/mol. The first kappa shape index (κ1) is 9.26. The maximum absolute atomic E-state index is 11.2. The van der Waals surface area contributed by atoms with Gasteiger partial charge in [-0.1, -0.05) is 6.92 Å². The highest BCUT2D eigenvalue weighted by molar-refractivity contribution is 7.81. The zero-order chi connectivity index (χ0) is 8.97. The Kier molecular flexibility index (Phi) is 3.29. The molecule has 0 spiro atoms. The average molecular weight is 181 g/mol. The van der Waals surface area contributed by atoms with Gasteiger partial charge in [-0.2, -0.15) is 12.6 Å². The topological polar surface area (TPSA) is 30.0 Å². The Balaban J connectivity index is 2.78. The maximum atomic E-state index is 11.2. The molecule has 0 aliphatic carbocycles. The number of pyridine rings is 1. The van der Waals surface area contributed by atoms with Crippen molar-refractivity contribution in [2.45, 2.75) is 18.6 Å². The fourth-order valence-corrected chi connectivity index (χ4v) is 1.28. The third-order valence-corrected chi connectivity index (χ3v) is 2.26. The van der Waals surface area contributed by atoms with Crippen LogP contribution in [0.2, 0.25) is 0 Å². The number of nitrogens with zero attached hydrogens (tertiary/aromatic N) is 1. The number of aromatic nitrogens is 1. The lowest BCUT2D eigenvalue weighted by Crippen LogP contribution is -2.04. The second-order valence-electron chi connectivity index (χ2n) is 2.50. The Morgan fingerprint density at radius 2 is 2.17 bits per heavy atom. The monoisotopic (exact) mass is 181 g/mol. The number of ketones is 1. The lowest BCUT2D eigenvalue weighted by Gasteiger charge is -2.06. The van der Waals surface area contributed by atoms with E-state index in [1.54, 1.807) is 12.4 Å². The molecule has 2 nitrogen and oxygen atoms in total. The molecule has 1 atom stereocenters. The Morgan fingerprint density at radius 1 is 1.58 bits per heavy atom. The van der Waals surface area contributed by atoms with Crippen molar-refractivity contribution in [2.75, 3.05) is 0 Å². The highest BCUT2D eigenvalue weighted by Gasteiger charge is 2.12. The van der Waals surface area contributed by atoms with Gasteiger partial charge in [0.2, 0.25) is 0 Å². The summed E-state index contributed by atoms with van der Waals surface area (Å²) in [5.74, 6) is 0.143. The third kappa shape index (κ3) is 2.08. The fourth-order valence-electron chi connectivity index (χ4n) is 0.925. The van der Waals surface area contributed by atoms with Gasteiger partial charge in [-0.3, -0.25) is 9.78 Å². The molecule has 0 radical (unpaired) electrons. The van der Waals surface area contributed by atoms with Crippen LogP contribution in [-0.2, 0) is 4.79 Å². The van der Waals surface area contributed by atoms with Gasteiger partial charge in [0.15, 0.2) is 0 Å². The van der Waals surface area contributed by atoms with Crippen molar-refractivity contribution in [3.05, 3.63) is 30.1 Å². The van der Waals surface area contributed by atoms with E-state index in [2.05, 4.69) is 17.6 Å². The summed E-state index contributed by atoms with van der Waals surface area (Å²) >= 11 is 4.22. The molecule has 1 rings (SSSR count). The molecular formula is C9H11NOS. The van der Waals surface area contributed by atoms with Gasteiger partial charge < -0.3 is 0 Å². The Labute approximate surface area is 77.4 Å². The van der Waals surface area contributed by atoms with Crippen molar-refractivity contribution in [2.24, 2.45) is 0 Å². The molecule has 64 valence electrons. The number of rotatable bonds is 3. The zero-order valence-corrected chi connectivity index (χ0v) is 7.79. The number of carbonyl (C=O) groups is 1. The summed E-state index contributed by atoms with van der Waals surface area (Å²) in [6, 6.07) is 3.62. The van der Waals surface area contributed by atoms with Gasteiger partial charge in [-0.15, -0.1) is 0 Å². The highest BCUT2D eigenvalue weighted by Crippen LogP contribution is 2.20. The summed E-state index contributed by atoms with van der Waals surface area (Å²) in [4.78, 5) is 15.1. The summed E-state index contributed by atoms with van der Waals surface area (Å²) in [6.45, 7) is 1.84. The van der Waals surface area contributed by atoms with Crippen LogP contribution in [0.5, 0.6) is 0 Å². The zero-order valence-electron chi connectivity index (χ0n) is 6.90. The molecule has 1 unspecified atom stereocenters. The Hall–Kier alpha value is -0.830. The van der Waals surface area contributed by atoms with E-state index < -0.39 is 0 Å². The molecule has 3 heteroatoms. The lowest BCUT2D eigenvalue weighted by atomic mass is 10.1. The van der Waals surface area contributed by atoms with Gasteiger partial charge in [0.1, 0.15) is 5.78 Å². The summed E-state index contributed by atoms with van der Waals surface area (Å²) < 4.78 is 0. The van der Waals surface area contributed by atoms with Crippen LogP contribution in [0.15, 0.2) is 24.5 Å². The van der Waals surface area contributed by atoms with Crippen molar-refractivity contribution in [1.82, 2.24) is 4.98 Å². The van der Waals surface area contributed by atoms with Crippen LogP contribution in [-0.4, -0.2) is 10.8 Å². The van der Waals surface area contributed by atoms with Crippen molar-refractivity contribution in [3.63, 3.8) is 0 Å². The van der Waals surface area contributed by atoms with Crippen LogP contribution in [0.4, 0.5) is 0 Å². The van der Waals surface area contributed by atoms with Crippen LogP contribution in [0, 0.1) is 0 Å². The molecule has 0 saturated carbocycles. The van der Waals surface area contributed by atoms with Crippen molar-refractivity contribution in [3.8, 4) is 0 Å². The molecule has 1 heterocycles. The normalized spacial score (nSPS) is 12.5. The van der Waals surface area contributed by atoms with E-state index in [1.165, 1.54) is 0 Å². The van der Waals surface area contributed by atoms with Gasteiger partial charge in [-0.05, 0) is 17.7 Å². The molecule has 1 aromatic heterocycles. The largest absolute Gasteiger partial charge is 0.298 e. The maximum Gasteiger partial charge on any atom is 0.149 e. The second-order valence-corrected chi connectivity index (χ2v) is 3.02. The van der Waals surface area contributed by atoms with Gasteiger partial charge in [-0.25, -0.2) is 0 Å². The van der Waals surface area contributed by atoms with E-state index in [4.69, 9.17) is 0 Å². The minimum atomic E-state index is -0.294. The predicted octanol–water partition coefficient (Wildman–Crippen LogP) is 2.03. The first-order valence-electron chi connectivity index (χ1n) is 3.86. The SMILES string of the molecule is CCC(=O)C(S)c1ccncc1. The number of thiol groups is 1. The molecule has 0 N–H and O–H groups in total. The van der Waals surface area contributed by atoms with Gasteiger partial charge in [0, 0.05) is 18.8 Å². The van der Waals surface area contributed by atoms with Crippen LogP contribution in [0.3, 0.4) is 0 Å². The summed E-state index contributed by atoms with van der Waals surface area (Å²) in [5.41, 5.74) is 0.917. The van der Waals surface area contributed by atoms with Crippen LogP contribution in [0.1, 0.15) is 24.2 Å². The first-order valence-corrected chi connectivity index (χ1v) is 4.38. The van der Waals surface area contributed by atoms with E-state index in [0.717, 1.165) is 5.56 Å². The molecule has 0 aliphatic heterocycles. The molecule has 0 aliphatic rings. The van der Waals surface area contributed by atoms with Crippen molar-refractivity contribution < 1.29 is 4.79 Å². The number of carbonyl (C=O) groups excluding carboxylic acids is 1. The second kappa shape index (κ2) is 4.26. The van der Waals surface area contributed by atoms with Gasteiger partial charge in [0.05, 0.1) is 5.25 Å². The van der Waals surface area contributed by atoms with Gasteiger partial charge >= 0.3 is 0 Å². The van der Waals surface area contributed by atoms with Gasteiger partial charge in [0.25, 0.3) is 0 Å². The highest BCUT2D eigenvalue weighted by atomic mass is 32.1. The smallest absolute Gasteiger partial charge is 0.149 e. The number of hydrogen-bond acceptors (Lipinski definition) is 3. The predicted molar refractivity (Wildman–Crippen MR) is 51.3 cm³/mol. The van der Waals surface area contributed by atoms with E-state index in [-0.39, 0.29) is 11.0 Å². The quantitative estimate of drug-likeness (QED) is 0.723. The van der Waals surface area contributed by atoms with Crippen LogP contribution < -0.4 is 0 Å². The van der Waals surface area contributed by atoms with Crippen LogP contribution >= 0.6 is 12.6 Å². The van der Waals surface area contributed by atoms with Crippen LogP contribution in [0.25, 0.3) is 0 Å². The third-order valence-electron chi connectivity index (χ3n) is 1.68. The summed E-state index contributed by atoms with van der Waals surface area (Å²) in [7, 11) is 0. The van der Waals surface area contributed by atoms with E-state index in [9.17, 15) is 4.79 Å². The minimum Gasteiger partial charge on any atom is -0.298 e. The number of hydrogen-bond donors (Lipinski definition) is 1. The Bertz CT molecular complexity index is 260. The molecule has 0 amide bonds. The van der Waals surface area contributed by atoms with E-state index >= 15 is 0 Å². The average Bonchev–Trinajstić information content (AvgIpc) is 2.17. The van der Waals surface area contributed by atoms with Crippen molar-refractivity contribution in [1.29, 1.82) is 0 Å². The first-order chi connectivity index (χ1) is 5.75. The molecule has 0 bridgehead atoms. The summed E-state index contributed by atoms with van der Waals surface area (Å²) in [5, 5.41) is -0.294. The standard InChI is InChI=1S/C9H11NOS/c1-2-8(11)9(12)7-3-5-10-6-4-7/h3-6,9,12H,2H2,1H3. The Morgan fingerprint density at radius 3 is 2.67 bits per heavy atom. The molecule has 1 aromatic rings. The molecule has 0 fully saturated rings. The van der Waals surface area contributed by atoms with Crippen molar-refractivity contribution >= 4 is 18.4 Å². The fraction of sp³-hybridized carbons (Fsp3) is 0.333. The van der Waals surface area contributed by atoms with E-state index in [0.29, 0.717) is 6.42 Å². The summed E-state index contributed by atoms with van der Waals surface area (Å²) in [6.07, 6.45) is 3.86.